The number of halogens is 1. The summed E-state index contributed by atoms with van der Waals surface area (Å²) in [6.07, 6.45) is 3.76. The summed E-state index contributed by atoms with van der Waals surface area (Å²) in [5, 5.41) is 3.04. The third-order valence-corrected chi connectivity index (χ3v) is 5.19. The number of Topliss-reactive ketones (excluding diaryl/α,β-unsaturated/α-hetero) is 1. The van der Waals surface area contributed by atoms with E-state index in [-0.39, 0.29) is 43.0 Å². The van der Waals surface area contributed by atoms with Crippen LogP contribution in [0, 0.1) is 19.8 Å². The number of amides is 1. The molecule has 0 radical (unpaired) electrons. The highest BCUT2D eigenvalue weighted by Crippen LogP contribution is 2.25. The Balaban J connectivity index is 0.00000242. The van der Waals surface area contributed by atoms with Crippen molar-refractivity contribution in [2.45, 2.75) is 52.0 Å². The number of rotatable bonds is 6. The lowest BCUT2D eigenvalue weighted by atomic mass is 10.0. The maximum Gasteiger partial charge on any atom is 0.220 e. The van der Waals surface area contributed by atoms with Gasteiger partial charge in [-0.3, -0.25) is 9.59 Å². The van der Waals surface area contributed by atoms with Crippen molar-refractivity contribution in [3.05, 3.63) is 21.4 Å². The van der Waals surface area contributed by atoms with Crippen molar-refractivity contribution in [1.29, 1.82) is 0 Å². The normalized spacial score (nSPS) is 20.5. The Labute approximate surface area is 142 Å². The van der Waals surface area contributed by atoms with Crippen LogP contribution in [-0.2, 0) is 4.79 Å². The molecule has 1 aliphatic rings. The van der Waals surface area contributed by atoms with E-state index in [4.69, 9.17) is 5.73 Å². The minimum atomic E-state index is -0.0293. The van der Waals surface area contributed by atoms with Gasteiger partial charge in [0.2, 0.25) is 5.91 Å². The zero-order valence-corrected chi connectivity index (χ0v) is 14.8. The number of hydrogen-bond donors (Lipinski definition) is 2. The molecule has 124 valence electrons. The maximum atomic E-state index is 12.1. The molecule has 4 nitrogen and oxygen atoms in total. The number of carbonyl (C=O) groups excluding carboxylic acids is 2. The molecule has 2 rings (SSSR count). The number of nitrogens with one attached hydrogen (secondary N) is 1. The van der Waals surface area contributed by atoms with Crippen LogP contribution in [0.1, 0.15) is 52.2 Å². The molecule has 22 heavy (non-hydrogen) atoms. The molecule has 0 aliphatic heterocycles. The fourth-order valence-corrected chi connectivity index (χ4v) is 4.00. The summed E-state index contributed by atoms with van der Waals surface area (Å²) in [6, 6.07) is 2.12. The second kappa shape index (κ2) is 8.65. The first kappa shape index (κ1) is 19.1. The van der Waals surface area contributed by atoms with Crippen molar-refractivity contribution >= 4 is 35.4 Å². The average Bonchev–Trinajstić information content (AvgIpc) is 3.02. The molecule has 0 bridgehead atoms. The smallest absolute Gasteiger partial charge is 0.220 e. The third kappa shape index (κ3) is 4.80. The number of carbonyl (C=O) groups is 2. The lowest BCUT2D eigenvalue weighted by molar-refractivity contribution is -0.122. The van der Waals surface area contributed by atoms with Crippen molar-refractivity contribution in [2.24, 2.45) is 11.7 Å². The van der Waals surface area contributed by atoms with Crippen molar-refractivity contribution in [2.75, 3.05) is 6.54 Å². The first-order valence-electron chi connectivity index (χ1n) is 7.61. The molecule has 0 spiro atoms. The predicted molar refractivity (Wildman–Crippen MR) is 92.9 cm³/mol. The second-order valence-corrected chi connectivity index (χ2v) is 7.31. The number of hydrogen-bond acceptors (Lipinski definition) is 4. The largest absolute Gasteiger partial charge is 0.353 e. The van der Waals surface area contributed by atoms with E-state index < -0.39 is 0 Å². The highest BCUT2D eigenvalue weighted by Gasteiger charge is 2.27. The lowest BCUT2D eigenvalue weighted by Crippen LogP contribution is -2.39. The van der Waals surface area contributed by atoms with Gasteiger partial charge >= 0.3 is 0 Å². The zero-order valence-electron chi connectivity index (χ0n) is 13.2. The molecule has 1 amide bonds. The van der Waals surface area contributed by atoms with Gasteiger partial charge in [-0.15, -0.1) is 23.7 Å². The quantitative estimate of drug-likeness (QED) is 0.779. The summed E-state index contributed by atoms with van der Waals surface area (Å²) in [7, 11) is 0. The van der Waals surface area contributed by atoms with Gasteiger partial charge < -0.3 is 11.1 Å². The topological polar surface area (TPSA) is 72.2 Å². The first-order chi connectivity index (χ1) is 10.0. The van der Waals surface area contributed by atoms with E-state index >= 15 is 0 Å². The van der Waals surface area contributed by atoms with Gasteiger partial charge in [-0.05, 0) is 45.2 Å². The van der Waals surface area contributed by atoms with E-state index in [0.717, 1.165) is 34.6 Å². The summed E-state index contributed by atoms with van der Waals surface area (Å²) in [4.78, 5) is 26.3. The molecule has 6 heteroatoms. The fourth-order valence-electron chi connectivity index (χ4n) is 3.06. The summed E-state index contributed by atoms with van der Waals surface area (Å²) >= 11 is 1.63. The molecule has 0 saturated heterocycles. The van der Waals surface area contributed by atoms with Crippen LogP contribution in [0.25, 0.3) is 0 Å². The van der Waals surface area contributed by atoms with E-state index in [2.05, 4.69) is 5.32 Å². The van der Waals surface area contributed by atoms with Crippen molar-refractivity contribution in [1.82, 2.24) is 5.32 Å². The summed E-state index contributed by atoms with van der Waals surface area (Å²) < 4.78 is 0. The van der Waals surface area contributed by atoms with E-state index in [1.165, 1.54) is 0 Å². The van der Waals surface area contributed by atoms with Crippen LogP contribution in [0.4, 0.5) is 0 Å². The van der Waals surface area contributed by atoms with Crippen molar-refractivity contribution in [3.63, 3.8) is 0 Å². The Morgan fingerprint density at radius 2 is 2.05 bits per heavy atom. The molecule has 1 fully saturated rings. The number of nitrogens with two attached hydrogens (primary N) is 1. The van der Waals surface area contributed by atoms with Gasteiger partial charge in [0.15, 0.2) is 5.78 Å². The van der Waals surface area contributed by atoms with Gasteiger partial charge in [0.05, 0.1) is 0 Å². The Morgan fingerprint density at radius 3 is 2.64 bits per heavy atom. The van der Waals surface area contributed by atoms with Crippen LogP contribution in [0.3, 0.4) is 0 Å². The molecule has 0 aromatic carbocycles. The van der Waals surface area contributed by atoms with Gasteiger partial charge in [0.1, 0.15) is 0 Å². The Morgan fingerprint density at radius 1 is 1.32 bits per heavy atom. The zero-order chi connectivity index (χ0) is 15.4. The van der Waals surface area contributed by atoms with E-state index in [1.54, 1.807) is 11.3 Å². The SMILES string of the molecule is Cc1cc(C(=O)CCC(=O)NC2CCCC2CN)c(C)s1.Cl. The summed E-state index contributed by atoms with van der Waals surface area (Å²) in [5.74, 6) is 0.429. The fraction of sp³-hybridized carbons (Fsp3) is 0.625. The summed E-state index contributed by atoms with van der Waals surface area (Å²) in [5.41, 5.74) is 6.48. The molecule has 3 N–H and O–H groups in total. The minimum Gasteiger partial charge on any atom is -0.353 e. The van der Waals surface area contributed by atoms with E-state index in [1.807, 2.05) is 19.9 Å². The van der Waals surface area contributed by atoms with Crippen LogP contribution in [0.2, 0.25) is 0 Å². The molecule has 1 saturated carbocycles. The van der Waals surface area contributed by atoms with Gasteiger partial charge in [0.25, 0.3) is 0 Å². The highest BCUT2D eigenvalue weighted by molar-refractivity contribution is 7.12. The number of thiophene rings is 1. The number of aryl methyl sites for hydroxylation is 2. The highest BCUT2D eigenvalue weighted by atomic mass is 35.5. The second-order valence-electron chi connectivity index (χ2n) is 5.85. The third-order valence-electron chi connectivity index (χ3n) is 4.23. The lowest BCUT2D eigenvalue weighted by Gasteiger charge is -2.19. The molecular weight excluding hydrogens is 320 g/mol. The van der Waals surface area contributed by atoms with Crippen LogP contribution >= 0.6 is 23.7 Å². The van der Waals surface area contributed by atoms with Crippen molar-refractivity contribution < 1.29 is 9.59 Å². The molecule has 1 heterocycles. The molecule has 1 aromatic heterocycles. The molecule has 2 atom stereocenters. The van der Waals surface area contributed by atoms with Gasteiger partial charge in [-0.2, -0.15) is 0 Å². The average molecular weight is 345 g/mol. The van der Waals surface area contributed by atoms with Crippen molar-refractivity contribution in [3.8, 4) is 0 Å². The Bertz CT molecular complexity index is 530. The minimum absolute atomic E-state index is 0. The molecule has 2 unspecified atom stereocenters. The van der Waals surface area contributed by atoms with Crippen LogP contribution in [0.15, 0.2) is 6.07 Å². The van der Waals surface area contributed by atoms with Gasteiger partial charge in [-0.1, -0.05) is 6.42 Å². The first-order valence-corrected chi connectivity index (χ1v) is 8.42. The van der Waals surface area contributed by atoms with E-state index in [0.29, 0.717) is 12.5 Å². The Hall–Kier alpha value is -0.910. The van der Waals surface area contributed by atoms with Crippen LogP contribution < -0.4 is 11.1 Å². The number of ketones is 1. The molecule has 1 aliphatic carbocycles. The maximum absolute atomic E-state index is 12.1. The standard InChI is InChI=1S/C16H24N2O2S.ClH/c1-10-8-13(11(2)21-10)15(19)6-7-16(20)18-14-5-3-4-12(14)9-17;/h8,12,14H,3-7,9,17H2,1-2H3,(H,18,20);1H. The molecular formula is C16H25ClN2O2S. The van der Waals surface area contributed by atoms with Gasteiger partial charge in [-0.25, -0.2) is 0 Å². The van der Waals surface area contributed by atoms with E-state index in [9.17, 15) is 9.59 Å². The van der Waals surface area contributed by atoms with Crippen LogP contribution in [-0.4, -0.2) is 24.3 Å². The van der Waals surface area contributed by atoms with Crippen LogP contribution in [0.5, 0.6) is 0 Å². The Kier molecular flexibility index (Phi) is 7.53. The summed E-state index contributed by atoms with van der Waals surface area (Å²) in [6.45, 7) is 4.57. The molecule has 1 aromatic rings. The monoisotopic (exact) mass is 344 g/mol. The predicted octanol–water partition coefficient (Wildman–Crippen LogP) is 2.99. The van der Waals surface area contributed by atoms with Gasteiger partial charge in [0, 0.05) is 34.2 Å².